The number of hydrogen-bond acceptors (Lipinski definition) is 3. The molecule has 2 rings (SSSR count). The first kappa shape index (κ1) is 23.5. The standard InChI is InChI=1S/C9H11N.3C2H6.CH3NO2/c1-10-7-6-8-4-2-3-5-9(8)10;3*1-2;1-2(3)4/h2-5H,6-7H2,1H3;3*1-2H3;1H3. The molecule has 0 aromatic heterocycles. The third-order valence-electron chi connectivity index (χ3n) is 2.12. The van der Waals surface area contributed by atoms with Crippen LogP contribution in [0.4, 0.5) is 5.69 Å². The Morgan fingerprint density at radius 3 is 1.85 bits per heavy atom. The molecule has 0 fully saturated rings. The van der Waals surface area contributed by atoms with Crippen molar-refractivity contribution in [2.75, 3.05) is 25.5 Å². The van der Waals surface area contributed by atoms with Crippen molar-refractivity contribution in [2.24, 2.45) is 0 Å². The molecule has 1 aliphatic heterocycles. The van der Waals surface area contributed by atoms with Gasteiger partial charge in [0.1, 0.15) is 0 Å². The largest absolute Gasteiger partial charge is 0.374 e. The van der Waals surface area contributed by atoms with Crippen LogP contribution in [0.1, 0.15) is 47.1 Å². The van der Waals surface area contributed by atoms with Crippen molar-refractivity contribution >= 4 is 5.69 Å². The average Bonchev–Trinajstić information content (AvgIpc) is 2.87. The molecule has 1 aromatic carbocycles. The maximum absolute atomic E-state index is 8.81. The van der Waals surface area contributed by atoms with Crippen LogP contribution < -0.4 is 4.90 Å². The van der Waals surface area contributed by atoms with Crippen molar-refractivity contribution in [2.45, 2.75) is 48.0 Å². The zero-order chi connectivity index (χ0) is 16.6. The van der Waals surface area contributed by atoms with Crippen molar-refractivity contribution in [3.05, 3.63) is 39.9 Å². The Morgan fingerprint density at radius 1 is 1.05 bits per heavy atom. The number of benzene rings is 1. The highest BCUT2D eigenvalue weighted by molar-refractivity contribution is 5.56. The Hall–Kier alpha value is -1.58. The van der Waals surface area contributed by atoms with Crippen LogP contribution in [-0.4, -0.2) is 25.6 Å². The molecule has 4 heteroatoms. The average molecular weight is 284 g/mol. The van der Waals surface area contributed by atoms with E-state index in [0.717, 1.165) is 7.05 Å². The third kappa shape index (κ3) is 11.5. The number of nitro groups is 1. The van der Waals surface area contributed by atoms with E-state index in [9.17, 15) is 0 Å². The summed E-state index contributed by atoms with van der Waals surface area (Å²) in [5, 5.41) is 8.81. The fraction of sp³-hybridized carbons (Fsp3) is 0.625. The normalized spacial score (nSPS) is 9.90. The number of nitrogens with zero attached hydrogens (tertiary/aromatic N) is 2. The minimum Gasteiger partial charge on any atom is -0.374 e. The number of para-hydroxylation sites is 1. The number of hydrogen-bond donors (Lipinski definition) is 0. The van der Waals surface area contributed by atoms with Crippen LogP contribution in [0.25, 0.3) is 0 Å². The van der Waals surface area contributed by atoms with Gasteiger partial charge in [0.05, 0.1) is 0 Å². The smallest absolute Gasteiger partial charge is 0.194 e. The third-order valence-corrected chi connectivity index (χ3v) is 2.12. The monoisotopic (exact) mass is 284 g/mol. The van der Waals surface area contributed by atoms with E-state index in [-0.39, 0.29) is 0 Å². The predicted molar refractivity (Wildman–Crippen MR) is 90.4 cm³/mol. The van der Waals surface area contributed by atoms with Gasteiger partial charge in [-0.15, -0.1) is 0 Å². The first-order chi connectivity index (χ1) is 9.61. The van der Waals surface area contributed by atoms with Gasteiger partial charge < -0.3 is 4.90 Å². The number of rotatable bonds is 0. The molecule has 0 radical (unpaired) electrons. The Morgan fingerprint density at radius 2 is 1.45 bits per heavy atom. The van der Waals surface area contributed by atoms with Crippen molar-refractivity contribution < 1.29 is 4.92 Å². The topological polar surface area (TPSA) is 46.4 Å². The SMILES string of the molecule is CC.CC.CC.CN1CCc2ccccc21.C[N+](=O)[O-]. The molecule has 0 unspecified atom stereocenters. The maximum atomic E-state index is 8.81. The maximum Gasteiger partial charge on any atom is 0.194 e. The van der Waals surface area contributed by atoms with Crippen LogP contribution in [0.5, 0.6) is 0 Å². The molecule has 4 nitrogen and oxygen atoms in total. The van der Waals surface area contributed by atoms with E-state index in [1.807, 2.05) is 41.5 Å². The van der Waals surface area contributed by atoms with E-state index in [1.54, 1.807) is 0 Å². The second-order valence-electron chi connectivity index (χ2n) is 3.24. The lowest BCUT2D eigenvalue weighted by Crippen LogP contribution is -2.12. The van der Waals surface area contributed by atoms with Gasteiger partial charge in [0.2, 0.25) is 0 Å². The second kappa shape index (κ2) is 17.4. The van der Waals surface area contributed by atoms with Gasteiger partial charge in [0.25, 0.3) is 0 Å². The van der Waals surface area contributed by atoms with E-state index in [0.29, 0.717) is 0 Å². The summed E-state index contributed by atoms with van der Waals surface area (Å²) in [4.78, 5) is 10.6. The Kier molecular flexibility index (Phi) is 20.5. The first-order valence-corrected chi connectivity index (χ1v) is 7.48. The second-order valence-corrected chi connectivity index (χ2v) is 3.24. The fourth-order valence-corrected chi connectivity index (χ4v) is 1.50. The van der Waals surface area contributed by atoms with Gasteiger partial charge in [-0.2, -0.15) is 0 Å². The van der Waals surface area contributed by atoms with Gasteiger partial charge in [-0.05, 0) is 18.1 Å². The van der Waals surface area contributed by atoms with Crippen LogP contribution in [0.15, 0.2) is 24.3 Å². The van der Waals surface area contributed by atoms with E-state index >= 15 is 0 Å². The molecule has 20 heavy (non-hydrogen) atoms. The molecule has 1 aromatic rings. The van der Waals surface area contributed by atoms with Crippen LogP contribution >= 0.6 is 0 Å². The predicted octanol–water partition coefficient (Wildman–Crippen LogP) is 4.65. The van der Waals surface area contributed by atoms with Crippen molar-refractivity contribution in [3.63, 3.8) is 0 Å². The molecule has 1 aliphatic rings. The van der Waals surface area contributed by atoms with Gasteiger partial charge >= 0.3 is 0 Å². The summed E-state index contributed by atoms with van der Waals surface area (Å²) in [6.07, 6.45) is 1.21. The van der Waals surface area contributed by atoms with Crippen LogP contribution in [0.3, 0.4) is 0 Å². The zero-order valence-electron chi connectivity index (χ0n) is 14.4. The van der Waals surface area contributed by atoms with Crippen molar-refractivity contribution in [1.29, 1.82) is 0 Å². The van der Waals surface area contributed by atoms with Gasteiger partial charge in [0, 0.05) is 24.2 Å². The van der Waals surface area contributed by atoms with Crippen molar-refractivity contribution in [3.8, 4) is 0 Å². The van der Waals surface area contributed by atoms with Gasteiger partial charge in [-0.3, -0.25) is 10.1 Å². The summed E-state index contributed by atoms with van der Waals surface area (Å²) < 4.78 is 0. The van der Waals surface area contributed by atoms with E-state index in [4.69, 9.17) is 10.1 Å². The zero-order valence-corrected chi connectivity index (χ0v) is 14.4. The van der Waals surface area contributed by atoms with E-state index < -0.39 is 4.92 Å². The van der Waals surface area contributed by atoms with Gasteiger partial charge in [-0.1, -0.05) is 59.7 Å². The summed E-state index contributed by atoms with van der Waals surface area (Å²) >= 11 is 0. The summed E-state index contributed by atoms with van der Waals surface area (Å²) in [5.41, 5.74) is 2.90. The molecular weight excluding hydrogens is 252 g/mol. The van der Waals surface area contributed by atoms with Gasteiger partial charge in [0.15, 0.2) is 7.05 Å². The lowest BCUT2D eigenvalue weighted by Gasteiger charge is -2.10. The summed E-state index contributed by atoms with van der Waals surface area (Å²) in [7, 11) is 3.03. The quantitative estimate of drug-likeness (QED) is 0.514. The molecule has 1 heterocycles. The summed E-state index contributed by atoms with van der Waals surface area (Å²) in [6, 6.07) is 8.60. The molecule has 0 atom stereocenters. The summed E-state index contributed by atoms with van der Waals surface area (Å²) in [6.45, 7) is 13.2. The Balaban J connectivity index is -0.000000247. The molecule has 0 saturated heterocycles. The van der Waals surface area contributed by atoms with Crippen LogP contribution in [0, 0.1) is 10.1 Å². The van der Waals surface area contributed by atoms with Crippen molar-refractivity contribution in [1.82, 2.24) is 0 Å². The highest BCUT2D eigenvalue weighted by atomic mass is 16.6. The molecule has 0 spiro atoms. The molecule has 118 valence electrons. The molecule has 0 saturated carbocycles. The first-order valence-electron chi connectivity index (χ1n) is 7.48. The molecular formula is C16H32N2O2. The Bertz CT molecular complexity index is 324. The number of anilines is 1. The van der Waals surface area contributed by atoms with Crippen LogP contribution in [-0.2, 0) is 6.42 Å². The van der Waals surface area contributed by atoms with Crippen LogP contribution in [0.2, 0.25) is 0 Å². The number of likely N-dealkylation sites (N-methyl/N-ethyl adjacent to an activating group) is 1. The molecule has 0 aliphatic carbocycles. The lowest BCUT2D eigenvalue weighted by atomic mass is 10.2. The number of fused-ring (bicyclic) bond motifs is 1. The summed E-state index contributed by atoms with van der Waals surface area (Å²) in [5.74, 6) is 0. The molecule has 0 N–H and O–H groups in total. The van der Waals surface area contributed by atoms with E-state index in [2.05, 4.69) is 36.2 Å². The van der Waals surface area contributed by atoms with Gasteiger partial charge in [-0.25, -0.2) is 0 Å². The highest BCUT2D eigenvalue weighted by Crippen LogP contribution is 2.25. The highest BCUT2D eigenvalue weighted by Gasteiger charge is 2.12. The minimum absolute atomic E-state index is 0.500. The Labute approximate surface area is 125 Å². The molecule has 0 bridgehead atoms. The fourth-order valence-electron chi connectivity index (χ4n) is 1.50. The minimum atomic E-state index is -0.500. The van der Waals surface area contributed by atoms with E-state index in [1.165, 1.54) is 24.2 Å². The molecule has 0 amide bonds. The lowest BCUT2D eigenvalue weighted by molar-refractivity contribution is -0.445.